The zero-order valence-corrected chi connectivity index (χ0v) is 30.6. The number of benzene rings is 6. The molecule has 10 rings (SSSR count). The number of aromatic nitrogens is 1. The van der Waals surface area contributed by atoms with E-state index in [2.05, 4.69) is 164 Å². The van der Waals surface area contributed by atoms with Crippen molar-refractivity contribution in [3.05, 3.63) is 114 Å². The van der Waals surface area contributed by atoms with E-state index in [1.54, 1.807) is 0 Å². The third-order valence-electron chi connectivity index (χ3n) is 11.5. The second-order valence-corrected chi connectivity index (χ2v) is 17.9. The van der Waals surface area contributed by atoms with Crippen molar-refractivity contribution in [3.8, 4) is 0 Å². The SMILES string of the molecule is CC(C)(C)c1ccc2oc3c(cc4c5ccccc5c5ccccc5c5cc(C(C)(C)C)cc6c7cc(C(C)(C)C)cc8c3c4n(c56)c78)c2c1. The molecule has 0 aliphatic heterocycles. The molecule has 0 bridgehead atoms. The highest BCUT2D eigenvalue weighted by atomic mass is 16.3. The highest BCUT2D eigenvalue weighted by Gasteiger charge is 2.29. The largest absolute Gasteiger partial charge is 0.455 e. The van der Waals surface area contributed by atoms with Gasteiger partial charge in [0.2, 0.25) is 0 Å². The van der Waals surface area contributed by atoms with E-state index in [1.807, 2.05) is 0 Å². The van der Waals surface area contributed by atoms with Crippen molar-refractivity contribution in [3.63, 3.8) is 0 Å². The van der Waals surface area contributed by atoms with Crippen molar-refractivity contribution < 1.29 is 4.42 Å². The maximum Gasteiger partial charge on any atom is 0.145 e. The predicted molar refractivity (Wildman–Crippen MR) is 217 cm³/mol. The van der Waals surface area contributed by atoms with Gasteiger partial charge in [-0.05, 0) is 96.9 Å². The lowest BCUT2D eigenvalue weighted by molar-refractivity contribution is 0.590. The Kier molecular flexibility index (Phi) is 5.59. The minimum atomic E-state index is -0.0360. The second kappa shape index (κ2) is 9.37. The zero-order valence-electron chi connectivity index (χ0n) is 30.6. The molecule has 50 heavy (non-hydrogen) atoms. The van der Waals surface area contributed by atoms with Gasteiger partial charge >= 0.3 is 0 Å². The van der Waals surface area contributed by atoms with E-state index < -0.39 is 0 Å². The quantitative estimate of drug-likeness (QED) is 0.160. The van der Waals surface area contributed by atoms with E-state index >= 15 is 0 Å². The van der Waals surface area contributed by atoms with Crippen LogP contribution in [-0.2, 0) is 16.2 Å². The maximum atomic E-state index is 7.01. The van der Waals surface area contributed by atoms with Gasteiger partial charge in [0.25, 0.3) is 0 Å². The Bertz CT molecular complexity index is 3070. The molecule has 0 aliphatic carbocycles. The Labute approximate surface area is 292 Å². The summed E-state index contributed by atoms with van der Waals surface area (Å²) in [5.41, 5.74) is 9.72. The first-order valence-corrected chi connectivity index (χ1v) is 18.1. The van der Waals surface area contributed by atoms with Crippen LogP contribution in [0.4, 0.5) is 0 Å². The Hall–Kier alpha value is -5.08. The van der Waals surface area contributed by atoms with Crippen LogP contribution in [0.15, 0.2) is 101 Å². The molecule has 0 fully saturated rings. The Balaban J connectivity index is 1.62. The van der Waals surface area contributed by atoms with Gasteiger partial charge in [-0.15, -0.1) is 0 Å². The lowest BCUT2D eigenvalue weighted by atomic mass is 9.83. The molecule has 0 N–H and O–H groups in total. The van der Waals surface area contributed by atoms with Crippen LogP contribution in [0.5, 0.6) is 0 Å². The normalized spacial score (nSPS) is 13.7. The lowest BCUT2D eigenvalue weighted by Gasteiger charge is -2.21. The zero-order chi connectivity index (χ0) is 34.6. The van der Waals surface area contributed by atoms with Crippen LogP contribution >= 0.6 is 0 Å². The molecule has 0 unspecified atom stereocenters. The molecule has 0 radical (unpaired) electrons. The van der Waals surface area contributed by atoms with E-state index in [1.165, 1.54) is 97.9 Å². The summed E-state index contributed by atoms with van der Waals surface area (Å²) in [6.45, 7) is 20.9. The number of fused-ring (bicyclic) bond motifs is 11. The van der Waals surface area contributed by atoms with Crippen molar-refractivity contribution in [1.82, 2.24) is 4.40 Å². The molecule has 4 aromatic heterocycles. The summed E-state index contributed by atoms with van der Waals surface area (Å²) < 4.78 is 9.63. The Morgan fingerprint density at radius 2 is 0.800 bits per heavy atom. The number of furan rings is 1. The fraction of sp³-hybridized carbons (Fsp3) is 0.250. The van der Waals surface area contributed by atoms with Crippen molar-refractivity contribution in [2.24, 2.45) is 0 Å². The lowest BCUT2D eigenvalue weighted by Crippen LogP contribution is -2.11. The molecule has 0 atom stereocenters. The molecule has 10 aromatic rings. The van der Waals surface area contributed by atoms with Crippen LogP contribution in [0.25, 0.3) is 92.4 Å². The van der Waals surface area contributed by atoms with Crippen LogP contribution in [0.3, 0.4) is 0 Å². The average molecular weight is 650 g/mol. The average Bonchev–Trinajstić information content (AvgIpc) is 3.72. The van der Waals surface area contributed by atoms with Gasteiger partial charge in [0, 0.05) is 37.7 Å². The standard InChI is InChI=1S/C48H43NO/c1-46(2,3)26-18-19-40-33(20-26)38-25-37-32-17-13-11-15-30(32)29-14-10-12-16-31(29)34-21-27(47(4,5)6)22-35-36-23-28(48(7,8)9)24-39-41(45(38)50-40)44(37)49(42(34)35)43(36)39/h10-25H,1-9H3. The Morgan fingerprint density at radius 1 is 0.380 bits per heavy atom. The summed E-state index contributed by atoms with van der Waals surface area (Å²) in [6, 6.07) is 37.2. The molecule has 2 heteroatoms. The van der Waals surface area contributed by atoms with Crippen molar-refractivity contribution in [2.45, 2.75) is 78.6 Å². The van der Waals surface area contributed by atoms with Crippen LogP contribution < -0.4 is 0 Å². The van der Waals surface area contributed by atoms with Gasteiger partial charge < -0.3 is 8.82 Å². The number of hydrogen-bond acceptors (Lipinski definition) is 1. The van der Waals surface area contributed by atoms with E-state index in [-0.39, 0.29) is 16.2 Å². The first-order chi connectivity index (χ1) is 23.7. The van der Waals surface area contributed by atoms with Crippen molar-refractivity contribution >= 4 is 92.4 Å². The summed E-state index contributed by atoms with van der Waals surface area (Å²) in [5.74, 6) is 0. The molecule has 6 aromatic carbocycles. The van der Waals surface area contributed by atoms with Gasteiger partial charge in [0.05, 0.1) is 21.9 Å². The molecular weight excluding hydrogens is 607 g/mol. The van der Waals surface area contributed by atoms with E-state index in [4.69, 9.17) is 4.42 Å². The first-order valence-electron chi connectivity index (χ1n) is 18.1. The van der Waals surface area contributed by atoms with Gasteiger partial charge in [-0.1, -0.05) is 117 Å². The van der Waals surface area contributed by atoms with Crippen LogP contribution in [0.2, 0.25) is 0 Å². The monoisotopic (exact) mass is 649 g/mol. The molecule has 4 heterocycles. The molecule has 2 nitrogen and oxygen atoms in total. The summed E-state index contributed by atoms with van der Waals surface area (Å²) in [4.78, 5) is 0. The molecule has 0 amide bonds. The van der Waals surface area contributed by atoms with Crippen LogP contribution in [0, 0.1) is 0 Å². The van der Waals surface area contributed by atoms with Gasteiger partial charge in [0.1, 0.15) is 11.2 Å². The van der Waals surface area contributed by atoms with Crippen LogP contribution in [0.1, 0.15) is 79.0 Å². The molecular formula is C48H43NO. The first kappa shape index (κ1) is 29.8. The fourth-order valence-corrected chi connectivity index (χ4v) is 8.72. The summed E-state index contributed by atoms with van der Waals surface area (Å²) >= 11 is 0. The molecule has 0 spiro atoms. The molecule has 0 saturated heterocycles. The topological polar surface area (TPSA) is 17.6 Å². The molecule has 0 saturated carbocycles. The van der Waals surface area contributed by atoms with Crippen LogP contribution in [-0.4, -0.2) is 4.40 Å². The molecule has 246 valence electrons. The fourth-order valence-electron chi connectivity index (χ4n) is 8.72. The van der Waals surface area contributed by atoms with E-state index in [0.29, 0.717) is 0 Å². The minimum absolute atomic E-state index is 0.0195. The second-order valence-electron chi connectivity index (χ2n) is 17.9. The predicted octanol–water partition coefficient (Wildman–Crippen LogP) is 14.1. The molecule has 0 aliphatic rings. The van der Waals surface area contributed by atoms with Crippen molar-refractivity contribution in [1.29, 1.82) is 0 Å². The van der Waals surface area contributed by atoms with E-state index in [9.17, 15) is 0 Å². The van der Waals surface area contributed by atoms with E-state index in [0.717, 1.165) is 11.2 Å². The highest BCUT2D eigenvalue weighted by Crippen LogP contribution is 2.50. The summed E-state index contributed by atoms with van der Waals surface area (Å²) in [6.07, 6.45) is 0. The van der Waals surface area contributed by atoms with Gasteiger partial charge in [-0.3, -0.25) is 0 Å². The highest BCUT2D eigenvalue weighted by molar-refractivity contribution is 6.37. The maximum absolute atomic E-state index is 7.01. The third-order valence-corrected chi connectivity index (χ3v) is 11.5. The number of nitrogens with zero attached hydrogens (tertiary/aromatic N) is 1. The summed E-state index contributed by atoms with van der Waals surface area (Å²) in [7, 11) is 0. The van der Waals surface area contributed by atoms with Gasteiger partial charge in [-0.2, -0.15) is 0 Å². The smallest absolute Gasteiger partial charge is 0.145 e. The summed E-state index contributed by atoms with van der Waals surface area (Å²) in [5, 5.41) is 15.1. The number of hydrogen-bond donors (Lipinski definition) is 0. The minimum Gasteiger partial charge on any atom is -0.455 e. The van der Waals surface area contributed by atoms with Crippen molar-refractivity contribution in [2.75, 3.05) is 0 Å². The van der Waals surface area contributed by atoms with Gasteiger partial charge in [-0.25, -0.2) is 0 Å². The van der Waals surface area contributed by atoms with Gasteiger partial charge in [0.15, 0.2) is 0 Å². The number of rotatable bonds is 0. The third kappa shape index (κ3) is 3.85. The Morgan fingerprint density at radius 3 is 1.32 bits per heavy atom.